The highest BCUT2D eigenvalue weighted by atomic mass is 79.9. The van der Waals surface area contributed by atoms with Gasteiger partial charge in [0.05, 0.1) is 0 Å². The van der Waals surface area contributed by atoms with Gasteiger partial charge in [-0.25, -0.2) is 8.78 Å². The van der Waals surface area contributed by atoms with E-state index in [0.29, 0.717) is 17.5 Å². The Labute approximate surface area is 119 Å². The van der Waals surface area contributed by atoms with Gasteiger partial charge >= 0.3 is 0 Å². The fourth-order valence-electron chi connectivity index (χ4n) is 1.95. The van der Waals surface area contributed by atoms with E-state index in [2.05, 4.69) is 15.9 Å². The fraction of sp³-hybridized carbons (Fsp3) is 0.200. The molecule has 100 valence electrons. The van der Waals surface area contributed by atoms with E-state index >= 15 is 0 Å². The van der Waals surface area contributed by atoms with Crippen molar-refractivity contribution in [3.63, 3.8) is 0 Å². The molecule has 0 amide bonds. The average molecular weight is 326 g/mol. The topological polar surface area (TPSA) is 26.0 Å². The molecule has 0 radical (unpaired) electrons. The van der Waals surface area contributed by atoms with E-state index in [1.165, 1.54) is 6.07 Å². The molecule has 0 aromatic heterocycles. The van der Waals surface area contributed by atoms with E-state index in [0.717, 1.165) is 16.1 Å². The highest BCUT2D eigenvalue weighted by Crippen LogP contribution is 2.23. The van der Waals surface area contributed by atoms with Crippen LogP contribution in [0.4, 0.5) is 8.78 Å². The van der Waals surface area contributed by atoms with Gasteiger partial charge in [-0.2, -0.15) is 0 Å². The molecule has 2 rings (SSSR count). The third-order valence-corrected chi connectivity index (χ3v) is 3.57. The van der Waals surface area contributed by atoms with Gasteiger partial charge in [-0.3, -0.25) is 0 Å². The van der Waals surface area contributed by atoms with E-state index < -0.39 is 17.7 Å². The molecular formula is C15H14BrF2N. The van der Waals surface area contributed by atoms with Crippen molar-refractivity contribution in [3.8, 4) is 0 Å². The Kier molecular flexibility index (Phi) is 4.32. The predicted octanol–water partition coefficient (Wildman–Crippen LogP) is 4.28. The van der Waals surface area contributed by atoms with Crippen molar-refractivity contribution in [1.82, 2.24) is 0 Å². The number of hydrogen-bond donors (Lipinski definition) is 1. The summed E-state index contributed by atoms with van der Waals surface area (Å²) >= 11 is 3.35. The standard InChI is InChI=1S/C15H14BrF2N/c1-9-6-12(14(18)8-13(9)17)15(19)7-10-2-4-11(16)5-3-10/h2-6,8,15H,7,19H2,1H3. The van der Waals surface area contributed by atoms with E-state index in [-0.39, 0.29) is 0 Å². The summed E-state index contributed by atoms with van der Waals surface area (Å²) in [5, 5.41) is 0. The number of nitrogens with two attached hydrogens (primary N) is 1. The van der Waals surface area contributed by atoms with Crippen molar-refractivity contribution in [3.05, 3.63) is 69.2 Å². The first-order valence-corrected chi connectivity index (χ1v) is 6.72. The van der Waals surface area contributed by atoms with Crippen molar-refractivity contribution in [1.29, 1.82) is 0 Å². The summed E-state index contributed by atoms with van der Waals surface area (Å²) in [6.07, 6.45) is 0.509. The third-order valence-electron chi connectivity index (χ3n) is 3.05. The Morgan fingerprint density at radius 3 is 2.37 bits per heavy atom. The van der Waals surface area contributed by atoms with Gasteiger partial charge in [-0.05, 0) is 42.7 Å². The zero-order valence-corrected chi connectivity index (χ0v) is 12.0. The van der Waals surface area contributed by atoms with E-state index in [1.807, 2.05) is 24.3 Å². The van der Waals surface area contributed by atoms with Crippen LogP contribution in [0.5, 0.6) is 0 Å². The maximum absolute atomic E-state index is 13.7. The predicted molar refractivity (Wildman–Crippen MR) is 75.9 cm³/mol. The number of hydrogen-bond acceptors (Lipinski definition) is 1. The van der Waals surface area contributed by atoms with Crippen LogP contribution in [-0.4, -0.2) is 0 Å². The molecule has 0 aliphatic heterocycles. The van der Waals surface area contributed by atoms with Crippen LogP contribution >= 0.6 is 15.9 Å². The highest BCUT2D eigenvalue weighted by molar-refractivity contribution is 9.10. The molecule has 19 heavy (non-hydrogen) atoms. The van der Waals surface area contributed by atoms with Crippen molar-refractivity contribution in [2.75, 3.05) is 0 Å². The quantitative estimate of drug-likeness (QED) is 0.895. The zero-order chi connectivity index (χ0) is 14.0. The Morgan fingerprint density at radius 1 is 1.11 bits per heavy atom. The van der Waals surface area contributed by atoms with Crippen molar-refractivity contribution < 1.29 is 8.78 Å². The van der Waals surface area contributed by atoms with Gasteiger partial charge in [0.15, 0.2) is 0 Å². The van der Waals surface area contributed by atoms with Crippen LogP contribution in [-0.2, 0) is 6.42 Å². The summed E-state index contributed by atoms with van der Waals surface area (Å²) in [5.41, 5.74) is 7.78. The zero-order valence-electron chi connectivity index (χ0n) is 10.5. The maximum atomic E-state index is 13.7. The molecule has 1 nitrogen and oxygen atoms in total. The first kappa shape index (κ1) is 14.2. The monoisotopic (exact) mass is 325 g/mol. The second kappa shape index (κ2) is 5.80. The number of aryl methyl sites for hydroxylation is 1. The normalized spacial score (nSPS) is 12.5. The SMILES string of the molecule is Cc1cc(C(N)Cc2ccc(Br)cc2)c(F)cc1F. The second-order valence-electron chi connectivity index (χ2n) is 4.56. The molecule has 1 unspecified atom stereocenters. The molecule has 0 aliphatic carbocycles. The lowest BCUT2D eigenvalue weighted by atomic mass is 9.97. The molecule has 4 heteroatoms. The molecule has 0 heterocycles. The third kappa shape index (κ3) is 3.39. The lowest BCUT2D eigenvalue weighted by Gasteiger charge is -2.14. The van der Waals surface area contributed by atoms with Gasteiger partial charge in [0.25, 0.3) is 0 Å². The molecule has 0 aliphatic rings. The first-order chi connectivity index (χ1) is 8.97. The Hall–Kier alpha value is -1.26. The lowest BCUT2D eigenvalue weighted by molar-refractivity contribution is 0.550. The molecule has 2 N–H and O–H groups in total. The van der Waals surface area contributed by atoms with Crippen molar-refractivity contribution >= 4 is 15.9 Å². The molecule has 0 spiro atoms. The van der Waals surface area contributed by atoms with Crippen LogP contribution < -0.4 is 5.73 Å². The van der Waals surface area contributed by atoms with Gasteiger partial charge in [0, 0.05) is 22.1 Å². The van der Waals surface area contributed by atoms with Crippen molar-refractivity contribution in [2.24, 2.45) is 5.73 Å². The largest absolute Gasteiger partial charge is 0.324 e. The highest BCUT2D eigenvalue weighted by Gasteiger charge is 2.14. The summed E-state index contributed by atoms with van der Waals surface area (Å²) in [6.45, 7) is 1.60. The smallest absolute Gasteiger partial charge is 0.130 e. The van der Waals surface area contributed by atoms with E-state index in [1.54, 1.807) is 6.92 Å². The van der Waals surface area contributed by atoms with Crippen LogP contribution in [0.25, 0.3) is 0 Å². The summed E-state index contributed by atoms with van der Waals surface area (Å²) in [7, 11) is 0. The Bertz CT molecular complexity index is 581. The maximum Gasteiger partial charge on any atom is 0.130 e. The average Bonchev–Trinajstić information content (AvgIpc) is 2.36. The van der Waals surface area contributed by atoms with Gasteiger partial charge in [-0.15, -0.1) is 0 Å². The summed E-state index contributed by atoms with van der Waals surface area (Å²) in [6, 6.07) is 9.57. The lowest BCUT2D eigenvalue weighted by Crippen LogP contribution is -2.15. The molecular weight excluding hydrogens is 312 g/mol. The number of benzene rings is 2. The summed E-state index contributed by atoms with van der Waals surface area (Å²) in [4.78, 5) is 0. The van der Waals surface area contributed by atoms with Gasteiger partial charge in [0.1, 0.15) is 11.6 Å². The second-order valence-corrected chi connectivity index (χ2v) is 5.48. The first-order valence-electron chi connectivity index (χ1n) is 5.93. The molecule has 0 saturated carbocycles. The van der Waals surface area contributed by atoms with Crippen LogP contribution in [0.15, 0.2) is 40.9 Å². The summed E-state index contributed by atoms with van der Waals surface area (Å²) < 4.78 is 27.9. The minimum absolute atomic E-state index is 0.349. The molecule has 0 bridgehead atoms. The fourth-order valence-corrected chi connectivity index (χ4v) is 2.21. The molecule has 2 aromatic rings. The molecule has 0 saturated heterocycles. The molecule has 0 fully saturated rings. The van der Waals surface area contributed by atoms with Gasteiger partial charge in [0.2, 0.25) is 0 Å². The number of halogens is 3. The summed E-state index contributed by atoms with van der Waals surface area (Å²) in [5.74, 6) is -1.13. The Morgan fingerprint density at radius 2 is 1.74 bits per heavy atom. The molecule has 1 atom stereocenters. The van der Waals surface area contributed by atoms with Crippen LogP contribution in [0.1, 0.15) is 22.7 Å². The van der Waals surface area contributed by atoms with Crippen LogP contribution in [0, 0.1) is 18.6 Å². The minimum Gasteiger partial charge on any atom is -0.324 e. The van der Waals surface area contributed by atoms with Crippen LogP contribution in [0.2, 0.25) is 0 Å². The minimum atomic E-state index is -0.590. The molecule has 2 aromatic carbocycles. The Balaban J connectivity index is 2.22. The number of rotatable bonds is 3. The van der Waals surface area contributed by atoms with E-state index in [4.69, 9.17) is 5.73 Å². The van der Waals surface area contributed by atoms with Gasteiger partial charge in [-0.1, -0.05) is 28.1 Å². The van der Waals surface area contributed by atoms with Gasteiger partial charge < -0.3 is 5.73 Å². The van der Waals surface area contributed by atoms with Crippen LogP contribution in [0.3, 0.4) is 0 Å². The van der Waals surface area contributed by atoms with E-state index in [9.17, 15) is 8.78 Å². The van der Waals surface area contributed by atoms with Crippen molar-refractivity contribution in [2.45, 2.75) is 19.4 Å².